The lowest BCUT2D eigenvalue weighted by atomic mass is 10.0. The van der Waals surface area contributed by atoms with E-state index in [-0.39, 0.29) is 11.1 Å². The Morgan fingerprint density at radius 2 is 1.41 bits per heavy atom. The fraction of sp³-hybridized carbons (Fsp3) is 0.143. The van der Waals surface area contributed by atoms with Crippen molar-refractivity contribution < 1.29 is 36.2 Å². The first-order chi connectivity index (χ1) is 10.1. The Bertz CT molecular complexity index is 659. The molecule has 0 aliphatic heterocycles. The van der Waals surface area contributed by atoms with E-state index in [1.807, 2.05) is 0 Å². The molecule has 0 spiro atoms. The lowest BCUT2D eigenvalue weighted by molar-refractivity contribution is -0.274. The summed E-state index contributed by atoms with van der Waals surface area (Å²) in [6, 6.07) is 6.44. The van der Waals surface area contributed by atoms with Gasteiger partial charge < -0.3 is 9.84 Å². The Morgan fingerprint density at radius 1 is 0.818 bits per heavy atom. The Morgan fingerprint density at radius 3 is 1.91 bits per heavy atom. The lowest BCUT2D eigenvalue weighted by Gasteiger charge is -2.12. The Balaban J connectivity index is 2.36. The van der Waals surface area contributed by atoms with Crippen LogP contribution in [0.5, 0.6) is 11.5 Å². The largest absolute Gasteiger partial charge is 0.573 e. The van der Waals surface area contributed by atoms with Crippen LogP contribution in [0.2, 0.25) is 0 Å². The lowest BCUT2D eigenvalue weighted by Crippen LogP contribution is -2.16. The predicted octanol–water partition coefficient (Wildman–Crippen LogP) is 4.98. The van der Waals surface area contributed by atoms with Crippen LogP contribution in [-0.4, -0.2) is 11.5 Å². The van der Waals surface area contributed by atoms with Gasteiger partial charge in [-0.3, -0.25) is 0 Å². The molecule has 0 saturated heterocycles. The summed E-state index contributed by atoms with van der Waals surface area (Å²) in [5.41, 5.74) is -0.998. The zero-order valence-corrected chi connectivity index (χ0v) is 10.7. The van der Waals surface area contributed by atoms with Gasteiger partial charge in [-0.05, 0) is 35.9 Å². The molecule has 2 nitrogen and oxygen atoms in total. The average molecular weight is 322 g/mol. The topological polar surface area (TPSA) is 29.5 Å². The van der Waals surface area contributed by atoms with Crippen LogP contribution in [-0.2, 0) is 6.18 Å². The molecule has 0 aliphatic rings. The number of rotatable bonds is 2. The molecule has 0 radical (unpaired) electrons. The first kappa shape index (κ1) is 16.0. The molecule has 0 atom stereocenters. The summed E-state index contributed by atoms with van der Waals surface area (Å²) >= 11 is 0. The SMILES string of the molecule is Oc1ccc(C(F)(F)F)cc1-c1ccc(OC(F)(F)F)cc1. The van der Waals surface area contributed by atoms with Crippen LogP contribution in [0.15, 0.2) is 42.5 Å². The molecule has 0 unspecified atom stereocenters. The van der Waals surface area contributed by atoms with Gasteiger partial charge in [-0.1, -0.05) is 12.1 Å². The van der Waals surface area contributed by atoms with E-state index in [1.165, 1.54) is 0 Å². The maximum atomic E-state index is 12.6. The summed E-state index contributed by atoms with van der Waals surface area (Å²) in [6.45, 7) is 0. The first-order valence-electron chi connectivity index (χ1n) is 5.83. The van der Waals surface area contributed by atoms with Crippen molar-refractivity contribution >= 4 is 0 Å². The predicted molar refractivity (Wildman–Crippen MR) is 65.2 cm³/mol. The van der Waals surface area contributed by atoms with Crippen LogP contribution >= 0.6 is 0 Å². The fourth-order valence-electron chi connectivity index (χ4n) is 1.78. The second-order valence-electron chi connectivity index (χ2n) is 4.30. The van der Waals surface area contributed by atoms with Gasteiger partial charge in [0.25, 0.3) is 0 Å². The molecular formula is C14H8F6O2. The maximum Gasteiger partial charge on any atom is 0.573 e. The maximum absolute atomic E-state index is 12.6. The molecule has 0 saturated carbocycles. The molecule has 0 aliphatic carbocycles. The number of alkyl halides is 6. The van der Waals surface area contributed by atoms with Crippen molar-refractivity contribution in [1.82, 2.24) is 0 Å². The van der Waals surface area contributed by atoms with Gasteiger partial charge in [-0.2, -0.15) is 13.2 Å². The van der Waals surface area contributed by atoms with E-state index in [1.54, 1.807) is 0 Å². The minimum absolute atomic E-state index is 0.123. The number of benzene rings is 2. The smallest absolute Gasteiger partial charge is 0.507 e. The number of aromatic hydroxyl groups is 1. The van der Waals surface area contributed by atoms with Crippen LogP contribution < -0.4 is 4.74 Å². The normalized spacial score (nSPS) is 12.3. The monoisotopic (exact) mass is 322 g/mol. The van der Waals surface area contributed by atoms with Crippen molar-refractivity contribution in [1.29, 1.82) is 0 Å². The number of phenolic OH excluding ortho intramolecular Hbond substituents is 1. The standard InChI is InChI=1S/C14H8F6O2/c15-13(16,17)9-3-6-12(21)11(7-9)8-1-4-10(5-2-8)22-14(18,19)20/h1-7,21H. The van der Waals surface area contributed by atoms with Crippen LogP contribution in [0.1, 0.15) is 5.56 Å². The quantitative estimate of drug-likeness (QED) is 0.791. The van der Waals surface area contributed by atoms with Crippen LogP contribution in [0.4, 0.5) is 26.3 Å². The number of ether oxygens (including phenoxy) is 1. The van der Waals surface area contributed by atoms with Gasteiger partial charge in [-0.15, -0.1) is 13.2 Å². The molecule has 0 heterocycles. The highest BCUT2D eigenvalue weighted by molar-refractivity contribution is 5.71. The van der Waals surface area contributed by atoms with Crippen molar-refractivity contribution in [2.75, 3.05) is 0 Å². The molecule has 0 amide bonds. The highest BCUT2D eigenvalue weighted by Crippen LogP contribution is 2.37. The molecule has 8 heteroatoms. The zero-order chi connectivity index (χ0) is 16.5. The van der Waals surface area contributed by atoms with Crippen LogP contribution in [0.25, 0.3) is 11.1 Å². The van der Waals surface area contributed by atoms with Crippen molar-refractivity contribution in [2.45, 2.75) is 12.5 Å². The highest BCUT2D eigenvalue weighted by atomic mass is 19.4. The minimum atomic E-state index is -4.86. The summed E-state index contributed by atoms with van der Waals surface area (Å²) in [7, 11) is 0. The molecule has 2 aromatic rings. The van der Waals surface area contributed by atoms with E-state index in [4.69, 9.17) is 0 Å². The number of hydrogen-bond donors (Lipinski definition) is 1. The zero-order valence-electron chi connectivity index (χ0n) is 10.7. The van der Waals surface area contributed by atoms with E-state index >= 15 is 0 Å². The van der Waals surface area contributed by atoms with Crippen LogP contribution in [0, 0.1) is 0 Å². The first-order valence-corrected chi connectivity index (χ1v) is 5.83. The molecule has 2 rings (SSSR count). The molecule has 1 N–H and O–H groups in total. The number of halogens is 6. The Kier molecular flexibility index (Phi) is 3.95. The molecular weight excluding hydrogens is 314 g/mol. The van der Waals surface area contributed by atoms with Gasteiger partial charge in [0, 0.05) is 5.56 Å². The highest BCUT2D eigenvalue weighted by Gasteiger charge is 2.32. The summed E-state index contributed by atoms with van der Waals surface area (Å²) < 4.78 is 77.7. The van der Waals surface area contributed by atoms with Gasteiger partial charge >= 0.3 is 12.5 Å². The summed E-state index contributed by atoms with van der Waals surface area (Å²) in [5.74, 6) is -0.930. The Labute approximate surface area is 120 Å². The third-order valence-corrected chi connectivity index (χ3v) is 2.72. The van der Waals surface area contributed by atoms with Gasteiger partial charge in [0.15, 0.2) is 0 Å². The molecule has 0 bridgehead atoms. The summed E-state index contributed by atoms with van der Waals surface area (Å²) in [4.78, 5) is 0. The van der Waals surface area contributed by atoms with E-state index in [9.17, 15) is 31.4 Å². The van der Waals surface area contributed by atoms with Gasteiger partial charge in [0.1, 0.15) is 11.5 Å². The number of phenols is 1. The van der Waals surface area contributed by atoms with Gasteiger partial charge in [-0.25, -0.2) is 0 Å². The van der Waals surface area contributed by atoms with E-state index in [2.05, 4.69) is 4.74 Å². The van der Waals surface area contributed by atoms with E-state index in [0.717, 1.165) is 36.4 Å². The number of hydrogen-bond acceptors (Lipinski definition) is 2. The molecule has 118 valence electrons. The average Bonchev–Trinajstić information content (AvgIpc) is 2.37. The molecule has 0 fully saturated rings. The summed E-state index contributed by atoms with van der Waals surface area (Å²) in [6.07, 6.45) is -9.46. The van der Waals surface area contributed by atoms with Crippen molar-refractivity contribution in [2.24, 2.45) is 0 Å². The summed E-state index contributed by atoms with van der Waals surface area (Å²) in [5, 5.41) is 9.63. The third kappa shape index (κ3) is 3.84. The minimum Gasteiger partial charge on any atom is -0.507 e. The second kappa shape index (κ2) is 5.43. The van der Waals surface area contributed by atoms with Crippen LogP contribution in [0.3, 0.4) is 0 Å². The van der Waals surface area contributed by atoms with Crippen molar-refractivity contribution in [3.8, 4) is 22.6 Å². The van der Waals surface area contributed by atoms with Gasteiger partial charge in [0.05, 0.1) is 5.56 Å². The molecule has 2 aromatic carbocycles. The second-order valence-corrected chi connectivity index (χ2v) is 4.30. The third-order valence-electron chi connectivity index (χ3n) is 2.72. The van der Waals surface area contributed by atoms with E-state index < -0.39 is 29.6 Å². The van der Waals surface area contributed by atoms with E-state index in [0.29, 0.717) is 6.07 Å². The molecule has 22 heavy (non-hydrogen) atoms. The fourth-order valence-corrected chi connectivity index (χ4v) is 1.78. The van der Waals surface area contributed by atoms with Gasteiger partial charge in [0.2, 0.25) is 0 Å². The van der Waals surface area contributed by atoms with Crippen molar-refractivity contribution in [3.63, 3.8) is 0 Å². The Hall–Kier alpha value is -2.38. The molecule has 0 aromatic heterocycles. The van der Waals surface area contributed by atoms with Crippen molar-refractivity contribution in [3.05, 3.63) is 48.0 Å².